The molecular formula is C8H8INO2. The van der Waals surface area contributed by atoms with Gasteiger partial charge in [-0.15, -0.1) is 0 Å². The van der Waals surface area contributed by atoms with E-state index >= 15 is 0 Å². The lowest BCUT2D eigenvalue weighted by Gasteiger charge is -2.11. The molecule has 0 aliphatic rings. The fourth-order valence-corrected chi connectivity index (χ4v) is 1.26. The van der Waals surface area contributed by atoms with Crippen LogP contribution in [0.15, 0.2) is 30.3 Å². The van der Waals surface area contributed by atoms with E-state index in [1.54, 1.807) is 0 Å². The molecule has 0 aliphatic carbocycles. The van der Waals surface area contributed by atoms with Crippen LogP contribution in [-0.4, -0.2) is 13.2 Å². The van der Waals surface area contributed by atoms with Gasteiger partial charge in [0.1, 0.15) is 0 Å². The van der Waals surface area contributed by atoms with Crippen molar-refractivity contribution in [3.05, 3.63) is 30.3 Å². The van der Waals surface area contributed by atoms with Gasteiger partial charge in [0.15, 0.2) is 0 Å². The molecule has 1 rings (SSSR count). The Morgan fingerprint density at radius 2 is 2.00 bits per heavy atom. The van der Waals surface area contributed by atoms with Crippen LogP contribution in [0.1, 0.15) is 0 Å². The van der Waals surface area contributed by atoms with Gasteiger partial charge in [0.25, 0.3) is 0 Å². The summed E-state index contributed by atoms with van der Waals surface area (Å²) in [7, 11) is 1.36. The van der Waals surface area contributed by atoms with E-state index in [0.717, 1.165) is 5.69 Å². The van der Waals surface area contributed by atoms with E-state index in [9.17, 15) is 4.79 Å². The lowest BCUT2D eigenvalue weighted by molar-refractivity contribution is 0.184. The first kappa shape index (κ1) is 9.31. The second kappa shape index (κ2) is 4.30. The van der Waals surface area contributed by atoms with Gasteiger partial charge in [-0.1, -0.05) is 18.2 Å². The molecule has 0 unspecified atom stereocenters. The summed E-state index contributed by atoms with van der Waals surface area (Å²) in [4.78, 5) is 11.0. The molecule has 12 heavy (non-hydrogen) atoms. The zero-order chi connectivity index (χ0) is 8.97. The Hall–Kier alpha value is -0.780. The van der Waals surface area contributed by atoms with Crippen LogP contribution < -0.4 is 3.11 Å². The van der Waals surface area contributed by atoms with Crippen LogP contribution in [0.25, 0.3) is 0 Å². The summed E-state index contributed by atoms with van der Waals surface area (Å²) in [5, 5.41) is 0. The Morgan fingerprint density at radius 1 is 1.42 bits per heavy atom. The van der Waals surface area contributed by atoms with E-state index in [4.69, 9.17) is 0 Å². The molecule has 0 fully saturated rings. The van der Waals surface area contributed by atoms with Gasteiger partial charge in [-0.05, 0) is 12.1 Å². The van der Waals surface area contributed by atoms with Crippen molar-refractivity contribution in [2.75, 3.05) is 10.2 Å². The molecule has 1 amide bonds. The van der Waals surface area contributed by atoms with Crippen molar-refractivity contribution in [1.29, 1.82) is 0 Å². The third kappa shape index (κ3) is 2.10. The van der Waals surface area contributed by atoms with Gasteiger partial charge in [-0.2, -0.15) is 0 Å². The van der Waals surface area contributed by atoms with Crippen molar-refractivity contribution in [3.8, 4) is 0 Å². The zero-order valence-corrected chi connectivity index (χ0v) is 8.69. The minimum absolute atomic E-state index is 0.373. The van der Waals surface area contributed by atoms with E-state index < -0.39 is 0 Å². The van der Waals surface area contributed by atoms with Crippen LogP contribution in [0.4, 0.5) is 10.5 Å². The number of hydrogen-bond acceptors (Lipinski definition) is 2. The Balaban J connectivity index is 2.78. The summed E-state index contributed by atoms with van der Waals surface area (Å²) < 4.78 is 5.96. The molecular weight excluding hydrogens is 269 g/mol. The maximum atomic E-state index is 11.0. The van der Waals surface area contributed by atoms with Crippen molar-refractivity contribution in [3.63, 3.8) is 0 Å². The molecule has 0 aromatic heterocycles. The van der Waals surface area contributed by atoms with E-state index in [2.05, 4.69) is 4.74 Å². The van der Waals surface area contributed by atoms with Gasteiger partial charge < -0.3 is 4.74 Å². The van der Waals surface area contributed by atoms with Gasteiger partial charge in [-0.3, -0.25) is 0 Å². The molecule has 0 saturated carbocycles. The maximum absolute atomic E-state index is 11.0. The molecule has 3 nitrogen and oxygen atoms in total. The monoisotopic (exact) mass is 277 g/mol. The first-order valence-corrected chi connectivity index (χ1v) is 4.31. The van der Waals surface area contributed by atoms with E-state index in [1.165, 1.54) is 10.2 Å². The number of benzene rings is 1. The molecule has 64 valence electrons. The van der Waals surface area contributed by atoms with Crippen molar-refractivity contribution >= 4 is 34.6 Å². The number of halogens is 1. The summed E-state index contributed by atoms with van der Waals surface area (Å²) in [5.74, 6) is 0. The minimum Gasteiger partial charge on any atom is -0.452 e. The third-order valence-corrected chi connectivity index (χ3v) is 2.27. The van der Waals surface area contributed by atoms with Crippen LogP contribution in [0.2, 0.25) is 0 Å². The first-order chi connectivity index (χ1) is 5.75. The number of para-hydroxylation sites is 1. The Kier molecular flexibility index (Phi) is 3.33. The van der Waals surface area contributed by atoms with Gasteiger partial charge in [0, 0.05) is 0 Å². The quantitative estimate of drug-likeness (QED) is 0.583. The lowest BCUT2D eigenvalue weighted by atomic mass is 10.3. The molecule has 0 N–H and O–H groups in total. The minimum atomic E-state index is -0.373. The number of rotatable bonds is 1. The second-order valence-corrected chi connectivity index (χ2v) is 3.05. The number of anilines is 1. The van der Waals surface area contributed by atoms with Crippen LogP contribution in [0.5, 0.6) is 0 Å². The predicted octanol–water partition coefficient (Wildman–Crippen LogP) is 2.61. The molecule has 1 aromatic carbocycles. The third-order valence-electron chi connectivity index (χ3n) is 1.32. The van der Waals surface area contributed by atoms with Gasteiger partial charge in [0.2, 0.25) is 0 Å². The smallest absolute Gasteiger partial charge is 0.423 e. The zero-order valence-electron chi connectivity index (χ0n) is 6.53. The number of carbonyl (C=O) groups is 1. The number of ether oxygens (including phenoxy) is 1. The van der Waals surface area contributed by atoms with Crippen molar-refractivity contribution < 1.29 is 9.53 Å². The summed E-state index contributed by atoms with van der Waals surface area (Å²) >= 11 is 1.89. The second-order valence-electron chi connectivity index (χ2n) is 2.09. The lowest BCUT2D eigenvalue weighted by Crippen LogP contribution is -2.19. The molecule has 0 atom stereocenters. The Bertz CT molecular complexity index is 263. The molecule has 0 radical (unpaired) electrons. The highest BCUT2D eigenvalue weighted by Gasteiger charge is 2.10. The van der Waals surface area contributed by atoms with Crippen LogP contribution in [-0.2, 0) is 4.74 Å². The van der Waals surface area contributed by atoms with Crippen molar-refractivity contribution in [1.82, 2.24) is 0 Å². The summed E-state index contributed by atoms with van der Waals surface area (Å²) in [6.07, 6.45) is -0.373. The predicted molar refractivity (Wildman–Crippen MR) is 55.3 cm³/mol. The normalized spacial score (nSPS) is 9.17. The van der Waals surface area contributed by atoms with Crippen molar-refractivity contribution in [2.24, 2.45) is 0 Å². The number of carbonyl (C=O) groups excluding carboxylic acids is 1. The average Bonchev–Trinajstić information content (AvgIpc) is 2.17. The molecule has 0 bridgehead atoms. The Labute approximate surface area is 84.8 Å². The van der Waals surface area contributed by atoms with E-state index in [0.29, 0.717) is 0 Å². The topological polar surface area (TPSA) is 29.5 Å². The summed E-state index contributed by atoms with van der Waals surface area (Å²) in [6.45, 7) is 0. The van der Waals surface area contributed by atoms with Crippen LogP contribution >= 0.6 is 22.9 Å². The molecule has 1 aromatic rings. The summed E-state index contributed by atoms with van der Waals surface area (Å²) in [5.41, 5.74) is 0.810. The van der Waals surface area contributed by atoms with E-state index in [-0.39, 0.29) is 6.09 Å². The fourth-order valence-electron chi connectivity index (χ4n) is 0.744. The number of amides is 1. The molecule has 0 heterocycles. The van der Waals surface area contributed by atoms with Gasteiger partial charge in [-0.25, -0.2) is 7.91 Å². The standard InChI is InChI=1S/C8H8INO2/c1-12-8(11)10(9)7-5-3-2-4-6-7/h2-6H,1H3. The highest BCUT2D eigenvalue weighted by molar-refractivity contribution is 14.1. The Morgan fingerprint density at radius 3 is 2.50 bits per heavy atom. The number of methoxy groups -OCH3 is 1. The number of nitrogens with zero attached hydrogens (tertiary/aromatic N) is 1. The highest BCUT2D eigenvalue weighted by atomic mass is 127. The van der Waals surface area contributed by atoms with E-state index in [1.807, 2.05) is 53.2 Å². The van der Waals surface area contributed by atoms with Gasteiger partial charge in [0.05, 0.1) is 35.7 Å². The van der Waals surface area contributed by atoms with Crippen LogP contribution in [0, 0.1) is 0 Å². The molecule has 0 spiro atoms. The molecule has 0 saturated heterocycles. The maximum Gasteiger partial charge on any atom is 0.423 e. The summed E-state index contributed by atoms with van der Waals surface area (Å²) in [6, 6.07) is 9.30. The van der Waals surface area contributed by atoms with Crippen molar-refractivity contribution in [2.45, 2.75) is 0 Å². The average molecular weight is 277 g/mol. The molecule has 0 aliphatic heterocycles. The SMILES string of the molecule is COC(=O)N(I)c1ccccc1. The van der Waals surface area contributed by atoms with Crippen LogP contribution in [0.3, 0.4) is 0 Å². The highest BCUT2D eigenvalue weighted by Crippen LogP contribution is 2.17. The fraction of sp³-hybridized carbons (Fsp3) is 0.125. The largest absolute Gasteiger partial charge is 0.452 e. The first-order valence-electron chi connectivity index (χ1n) is 3.34. The van der Waals surface area contributed by atoms with Gasteiger partial charge >= 0.3 is 6.09 Å². The molecule has 4 heteroatoms. The number of hydrogen-bond donors (Lipinski definition) is 0.